The molecular weight excluding hydrogens is 252 g/mol. The first-order chi connectivity index (χ1) is 9.65. The van der Waals surface area contributed by atoms with E-state index in [1.54, 1.807) is 4.90 Å². The van der Waals surface area contributed by atoms with Gasteiger partial charge in [-0.05, 0) is 31.2 Å². The third-order valence-electron chi connectivity index (χ3n) is 4.31. The summed E-state index contributed by atoms with van der Waals surface area (Å²) < 4.78 is 0. The summed E-state index contributed by atoms with van der Waals surface area (Å²) in [5.74, 6) is 0.605. The fourth-order valence-corrected chi connectivity index (χ4v) is 2.90. The molecule has 106 valence electrons. The van der Waals surface area contributed by atoms with E-state index < -0.39 is 6.04 Å². The van der Waals surface area contributed by atoms with Crippen molar-refractivity contribution in [2.45, 2.75) is 38.3 Å². The van der Waals surface area contributed by atoms with Crippen LogP contribution in [0.1, 0.15) is 25.3 Å². The fraction of sp³-hybridized carbons (Fsp3) is 0.500. The monoisotopic (exact) mass is 272 g/mol. The van der Waals surface area contributed by atoms with E-state index in [1.807, 2.05) is 30.3 Å². The lowest BCUT2D eigenvalue weighted by atomic mass is 10.0. The van der Waals surface area contributed by atoms with E-state index in [9.17, 15) is 9.59 Å². The Labute approximate surface area is 119 Å². The molecular formula is C16H20N2O2. The summed E-state index contributed by atoms with van der Waals surface area (Å²) in [5, 5.41) is 2.83. The summed E-state index contributed by atoms with van der Waals surface area (Å²) in [7, 11) is 0. The molecule has 1 aliphatic heterocycles. The SMILES string of the molecule is CC(C1CC1)N1CC(=O)NC(Cc2ccccc2)C1=O. The van der Waals surface area contributed by atoms with Gasteiger partial charge < -0.3 is 10.2 Å². The number of carbonyl (C=O) groups is 2. The summed E-state index contributed by atoms with van der Waals surface area (Å²) in [6, 6.07) is 9.61. The molecule has 2 aliphatic rings. The van der Waals surface area contributed by atoms with E-state index in [-0.39, 0.29) is 24.4 Å². The van der Waals surface area contributed by atoms with Crippen LogP contribution in [-0.2, 0) is 16.0 Å². The molecule has 0 radical (unpaired) electrons. The lowest BCUT2D eigenvalue weighted by Crippen LogP contribution is -2.61. The zero-order valence-electron chi connectivity index (χ0n) is 11.7. The second kappa shape index (κ2) is 5.27. The van der Waals surface area contributed by atoms with Crippen LogP contribution < -0.4 is 5.32 Å². The van der Waals surface area contributed by atoms with Gasteiger partial charge in [0.2, 0.25) is 11.8 Å². The average molecular weight is 272 g/mol. The van der Waals surface area contributed by atoms with Crippen molar-refractivity contribution in [3.63, 3.8) is 0 Å². The van der Waals surface area contributed by atoms with Crippen molar-refractivity contribution in [1.29, 1.82) is 0 Å². The lowest BCUT2D eigenvalue weighted by Gasteiger charge is -2.36. The molecule has 4 heteroatoms. The Morgan fingerprint density at radius 3 is 2.60 bits per heavy atom. The minimum absolute atomic E-state index is 0.0435. The van der Waals surface area contributed by atoms with Gasteiger partial charge in [0.1, 0.15) is 6.04 Å². The molecule has 1 N–H and O–H groups in total. The maximum atomic E-state index is 12.6. The molecule has 0 spiro atoms. The summed E-state index contributed by atoms with van der Waals surface area (Å²) in [6.45, 7) is 2.27. The summed E-state index contributed by atoms with van der Waals surface area (Å²) in [6.07, 6.45) is 2.92. The van der Waals surface area contributed by atoms with Crippen molar-refractivity contribution in [2.75, 3.05) is 6.54 Å². The molecule has 0 aromatic heterocycles. The molecule has 2 fully saturated rings. The van der Waals surface area contributed by atoms with Crippen LogP contribution in [0.5, 0.6) is 0 Å². The molecule has 1 aromatic carbocycles. The number of nitrogens with one attached hydrogen (secondary N) is 1. The van der Waals surface area contributed by atoms with E-state index >= 15 is 0 Å². The topological polar surface area (TPSA) is 49.4 Å². The minimum atomic E-state index is -0.417. The highest BCUT2D eigenvalue weighted by Crippen LogP contribution is 2.35. The average Bonchev–Trinajstić information content (AvgIpc) is 3.27. The standard InChI is InChI=1S/C16H20N2O2/c1-11(13-7-8-13)18-10-15(19)17-14(16(18)20)9-12-5-3-2-4-6-12/h2-6,11,13-14H,7-10H2,1H3,(H,17,19). The Morgan fingerprint density at radius 1 is 1.25 bits per heavy atom. The number of rotatable bonds is 4. The summed E-state index contributed by atoms with van der Waals surface area (Å²) in [5.41, 5.74) is 1.08. The first-order valence-corrected chi connectivity index (χ1v) is 7.29. The van der Waals surface area contributed by atoms with Crippen LogP contribution in [0.4, 0.5) is 0 Å². The molecule has 1 heterocycles. The largest absolute Gasteiger partial charge is 0.342 e. The van der Waals surface area contributed by atoms with Crippen LogP contribution in [0.15, 0.2) is 30.3 Å². The molecule has 2 atom stereocenters. The number of benzene rings is 1. The van der Waals surface area contributed by atoms with E-state index in [0.29, 0.717) is 12.3 Å². The van der Waals surface area contributed by atoms with Gasteiger partial charge in [-0.15, -0.1) is 0 Å². The third-order valence-corrected chi connectivity index (χ3v) is 4.31. The number of carbonyl (C=O) groups excluding carboxylic acids is 2. The smallest absolute Gasteiger partial charge is 0.246 e. The van der Waals surface area contributed by atoms with Gasteiger partial charge >= 0.3 is 0 Å². The van der Waals surface area contributed by atoms with Gasteiger partial charge in [0.05, 0.1) is 6.54 Å². The molecule has 2 unspecified atom stereocenters. The number of amides is 2. The zero-order chi connectivity index (χ0) is 14.1. The van der Waals surface area contributed by atoms with Crippen molar-refractivity contribution in [3.05, 3.63) is 35.9 Å². The van der Waals surface area contributed by atoms with E-state index in [4.69, 9.17) is 0 Å². The van der Waals surface area contributed by atoms with E-state index in [2.05, 4.69) is 12.2 Å². The molecule has 1 saturated carbocycles. The number of hydrogen-bond donors (Lipinski definition) is 1. The molecule has 1 saturated heterocycles. The number of nitrogens with zero attached hydrogens (tertiary/aromatic N) is 1. The minimum Gasteiger partial charge on any atom is -0.342 e. The van der Waals surface area contributed by atoms with Gasteiger partial charge in [-0.2, -0.15) is 0 Å². The predicted molar refractivity (Wildman–Crippen MR) is 76.0 cm³/mol. The van der Waals surface area contributed by atoms with Crippen LogP contribution in [0, 0.1) is 5.92 Å². The van der Waals surface area contributed by atoms with Gasteiger partial charge in [-0.3, -0.25) is 9.59 Å². The number of hydrogen-bond acceptors (Lipinski definition) is 2. The van der Waals surface area contributed by atoms with Gasteiger partial charge in [0.25, 0.3) is 0 Å². The maximum absolute atomic E-state index is 12.6. The van der Waals surface area contributed by atoms with Crippen LogP contribution in [-0.4, -0.2) is 35.3 Å². The Bertz CT molecular complexity index is 510. The Hall–Kier alpha value is -1.84. The van der Waals surface area contributed by atoms with Crippen LogP contribution in [0.25, 0.3) is 0 Å². The third kappa shape index (κ3) is 2.69. The first-order valence-electron chi connectivity index (χ1n) is 7.29. The van der Waals surface area contributed by atoms with Crippen LogP contribution in [0.2, 0.25) is 0 Å². The summed E-state index contributed by atoms with van der Waals surface area (Å²) >= 11 is 0. The zero-order valence-corrected chi connectivity index (χ0v) is 11.7. The Kier molecular flexibility index (Phi) is 3.47. The van der Waals surface area contributed by atoms with E-state index in [0.717, 1.165) is 5.56 Å². The van der Waals surface area contributed by atoms with Gasteiger partial charge in [0, 0.05) is 12.5 Å². The second-order valence-corrected chi connectivity index (χ2v) is 5.85. The van der Waals surface area contributed by atoms with E-state index in [1.165, 1.54) is 12.8 Å². The molecule has 1 aliphatic carbocycles. The van der Waals surface area contributed by atoms with Gasteiger partial charge in [-0.1, -0.05) is 30.3 Å². The normalized spacial score (nSPS) is 24.4. The summed E-state index contributed by atoms with van der Waals surface area (Å²) in [4.78, 5) is 26.2. The fourth-order valence-electron chi connectivity index (χ4n) is 2.90. The van der Waals surface area contributed by atoms with Crippen molar-refractivity contribution in [2.24, 2.45) is 5.92 Å². The Morgan fingerprint density at radius 2 is 1.95 bits per heavy atom. The maximum Gasteiger partial charge on any atom is 0.246 e. The first kappa shape index (κ1) is 13.2. The van der Waals surface area contributed by atoms with Crippen molar-refractivity contribution in [1.82, 2.24) is 10.2 Å². The second-order valence-electron chi connectivity index (χ2n) is 5.85. The predicted octanol–water partition coefficient (Wildman–Crippen LogP) is 1.35. The quantitative estimate of drug-likeness (QED) is 0.899. The van der Waals surface area contributed by atoms with Crippen LogP contribution >= 0.6 is 0 Å². The van der Waals surface area contributed by atoms with Crippen LogP contribution in [0.3, 0.4) is 0 Å². The number of piperazine rings is 1. The van der Waals surface area contributed by atoms with Crippen molar-refractivity contribution < 1.29 is 9.59 Å². The van der Waals surface area contributed by atoms with Crippen molar-refractivity contribution in [3.8, 4) is 0 Å². The van der Waals surface area contributed by atoms with Gasteiger partial charge in [-0.25, -0.2) is 0 Å². The Balaban J connectivity index is 1.73. The van der Waals surface area contributed by atoms with Crippen molar-refractivity contribution >= 4 is 11.8 Å². The lowest BCUT2D eigenvalue weighted by molar-refractivity contribution is -0.146. The molecule has 20 heavy (non-hydrogen) atoms. The molecule has 0 bridgehead atoms. The molecule has 3 rings (SSSR count). The molecule has 2 amide bonds. The highest BCUT2D eigenvalue weighted by atomic mass is 16.2. The highest BCUT2D eigenvalue weighted by Gasteiger charge is 2.40. The highest BCUT2D eigenvalue weighted by molar-refractivity contribution is 5.95. The molecule has 4 nitrogen and oxygen atoms in total. The molecule has 1 aromatic rings. The van der Waals surface area contributed by atoms with Gasteiger partial charge in [0.15, 0.2) is 0 Å².